The Morgan fingerprint density at radius 3 is 2.63 bits per heavy atom. The van der Waals surface area contributed by atoms with Crippen LogP contribution in [-0.4, -0.2) is 42.2 Å². The summed E-state index contributed by atoms with van der Waals surface area (Å²) in [6.45, 7) is 8.25. The van der Waals surface area contributed by atoms with Crippen molar-refractivity contribution in [2.45, 2.75) is 52.5 Å². The molecule has 238 valence electrons. The molecule has 3 heterocycles. The van der Waals surface area contributed by atoms with Crippen LogP contribution in [0.25, 0.3) is 33.7 Å². The molecule has 2 amide bonds. The molecule has 0 fully saturated rings. The number of H-pyrrole nitrogens is 1. The molecule has 0 aliphatic rings. The van der Waals surface area contributed by atoms with E-state index in [9.17, 15) is 9.59 Å². The second kappa shape index (κ2) is 14.2. The van der Waals surface area contributed by atoms with Gasteiger partial charge in [-0.2, -0.15) is 4.98 Å². The molecule has 0 saturated heterocycles. The highest BCUT2D eigenvalue weighted by Gasteiger charge is 2.34. The smallest absolute Gasteiger partial charge is 0.315 e. The fourth-order valence-electron chi connectivity index (χ4n) is 5.55. The molecule has 0 bridgehead atoms. The fraction of sp³-hybridized carbons (Fsp3) is 0.294. The average Bonchev–Trinajstić information content (AvgIpc) is 3.72. The number of aromatic nitrogens is 5. The van der Waals surface area contributed by atoms with Crippen molar-refractivity contribution in [1.29, 1.82) is 0 Å². The van der Waals surface area contributed by atoms with E-state index in [1.54, 1.807) is 36.5 Å². The Labute approximate surface area is 274 Å². The van der Waals surface area contributed by atoms with E-state index in [0.29, 0.717) is 56.4 Å². The standard InChI is InChI=1S/C34H35BrFN7O3/c1-5-23(6-2)34(3,4)33-42-32(46-43-33)31(45)38-19-22-13-12-20(18-26(22)36)25-14-16-37-30-28(25)40-29(41-30)21-9-7-10-24(17-21)39-27(44)11-8-15-35/h7-14,16-18,23H,5-6,15,19H2,1-4H3,(H,38,45)(H,39,44)(H,37,40,41)/b11-8+. The van der Waals surface area contributed by atoms with E-state index in [-0.39, 0.29) is 23.8 Å². The number of fused-ring (bicyclic) bond motifs is 1. The predicted molar refractivity (Wildman–Crippen MR) is 179 cm³/mol. The maximum absolute atomic E-state index is 15.3. The maximum Gasteiger partial charge on any atom is 0.315 e. The quantitative estimate of drug-likeness (QED) is 0.0921. The molecule has 5 aromatic rings. The largest absolute Gasteiger partial charge is 0.344 e. The topological polar surface area (TPSA) is 139 Å². The Kier molecular flexibility index (Phi) is 10.1. The van der Waals surface area contributed by atoms with Crippen LogP contribution in [0.5, 0.6) is 0 Å². The van der Waals surface area contributed by atoms with Gasteiger partial charge in [-0.15, -0.1) is 0 Å². The fourth-order valence-corrected chi connectivity index (χ4v) is 5.73. The van der Waals surface area contributed by atoms with E-state index in [2.05, 4.69) is 65.5 Å². The molecule has 0 saturated carbocycles. The number of nitrogens with one attached hydrogen (secondary N) is 3. The number of benzene rings is 2. The van der Waals surface area contributed by atoms with Gasteiger partial charge in [-0.3, -0.25) is 9.59 Å². The molecular formula is C34H35BrFN7O3. The number of imidazole rings is 1. The minimum Gasteiger partial charge on any atom is -0.344 e. The van der Waals surface area contributed by atoms with Crippen LogP contribution in [0.4, 0.5) is 10.1 Å². The molecule has 0 spiro atoms. The first kappa shape index (κ1) is 32.7. The first-order valence-electron chi connectivity index (χ1n) is 15.0. The van der Waals surface area contributed by atoms with Crippen LogP contribution in [0.15, 0.2) is 71.4 Å². The molecule has 10 nitrogen and oxygen atoms in total. The Balaban J connectivity index is 1.31. The number of amides is 2. The van der Waals surface area contributed by atoms with Gasteiger partial charge in [-0.25, -0.2) is 14.4 Å². The van der Waals surface area contributed by atoms with Crippen molar-refractivity contribution in [3.05, 3.63) is 90.0 Å². The number of aromatic amines is 1. The van der Waals surface area contributed by atoms with E-state index in [4.69, 9.17) is 4.52 Å². The van der Waals surface area contributed by atoms with Crippen molar-refractivity contribution < 1.29 is 18.5 Å². The van der Waals surface area contributed by atoms with Crippen LogP contribution in [0.1, 0.15) is 62.6 Å². The molecule has 46 heavy (non-hydrogen) atoms. The van der Waals surface area contributed by atoms with E-state index in [1.165, 1.54) is 12.1 Å². The summed E-state index contributed by atoms with van der Waals surface area (Å²) in [5.41, 5.74) is 3.73. The third-order valence-electron chi connectivity index (χ3n) is 8.16. The summed E-state index contributed by atoms with van der Waals surface area (Å²) in [4.78, 5) is 41.6. The van der Waals surface area contributed by atoms with Crippen molar-refractivity contribution in [2.75, 3.05) is 10.6 Å². The van der Waals surface area contributed by atoms with Gasteiger partial charge in [0.05, 0.1) is 5.52 Å². The molecular weight excluding hydrogens is 653 g/mol. The van der Waals surface area contributed by atoms with E-state index >= 15 is 4.39 Å². The predicted octanol–water partition coefficient (Wildman–Crippen LogP) is 7.35. The minimum atomic E-state index is -0.567. The first-order chi connectivity index (χ1) is 22.1. The number of rotatable bonds is 12. The lowest BCUT2D eigenvalue weighted by atomic mass is 9.75. The second-order valence-corrected chi connectivity index (χ2v) is 12.1. The second-order valence-electron chi connectivity index (χ2n) is 11.4. The molecule has 12 heteroatoms. The van der Waals surface area contributed by atoms with Crippen molar-refractivity contribution >= 4 is 44.6 Å². The number of nitrogens with zero attached hydrogens (tertiary/aromatic N) is 4. The number of hydrogen-bond acceptors (Lipinski definition) is 7. The highest BCUT2D eigenvalue weighted by molar-refractivity contribution is 9.09. The maximum atomic E-state index is 15.3. The monoisotopic (exact) mass is 687 g/mol. The molecule has 3 aromatic heterocycles. The lowest BCUT2D eigenvalue weighted by molar-refractivity contribution is -0.111. The SMILES string of the molecule is CCC(CC)C(C)(C)c1noc(C(=O)NCc2ccc(-c3ccnc4nc(-c5cccc(NC(=O)/C=C/CBr)c5)[nH]c34)cc2F)n1. The molecule has 0 aliphatic carbocycles. The minimum absolute atomic E-state index is 0.0582. The van der Waals surface area contributed by atoms with Gasteiger partial charge in [0.2, 0.25) is 5.91 Å². The molecule has 3 N–H and O–H groups in total. The van der Waals surface area contributed by atoms with Gasteiger partial charge < -0.3 is 20.1 Å². The number of hydrogen-bond donors (Lipinski definition) is 3. The molecule has 0 unspecified atom stereocenters. The highest BCUT2D eigenvalue weighted by atomic mass is 79.9. The van der Waals surface area contributed by atoms with Crippen LogP contribution in [-0.2, 0) is 16.8 Å². The Morgan fingerprint density at radius 2 is 1.89 bits per heavy atom. The Bertz CT molecular complexity index is 1890. The molecule has 5 rings (SSSR count). The van der Waals surface area contributed by atoms with E-state index in [1.807, 2.05) is 32.0 Å². The van der Waals surface area contributed by atoms with Gasteiger partial charge in [-0.05, 0) is 35.7 Å². The van der Waals surface area contributed by atoms with E-state index < -0.39 is 11.7 Å². The molecule has 0 aliphatic heterocycles. The van der Waals surface area contributed by atoms with Gasteiger partial charge >= 0.3 is 11.8 Å². The number of halogens is 2. The highest BCUT2D eigenvalue weighted by Crippen LogP contribution is 2.34. The first-order valence-corrected chi connectivity index (χ1v) is 16.2. The molecule has 0 atom stereocenters. The van der Waals surface area contributed by atoms with Gasteiger partial charge in [-0.1, -0.05) is 92.0 Å². The third kappa shape index (κ3) is 7.07. The summed E-state index contributed by atoms with van der Waals surface area (Å²) < 4.78 is 20.6. The van der Waals surface area contributed by atoms with Gasteiger partial charge in [0, 0.05) is 51.9 Å². The number of carbonyl (C=O) groups excluding carboxylic acids is 2. The van der Waals surface area contributed by atoms with Crippen molar-refractivity contribution in [3.63, 3.8) is 0 Å². The number of anilines is 1. The van der Waals surface area contributed by atoms with Crippen molar-refractivity contribution in [1.82, 2.24) is 30.4 Å². The Hall–Kier alpha value is -4.71. The lowest BCUT2D eigenvalue weighted by Crippen LogP contribution is -2.30. The number of pyridine rings is 1. The van der Waals surface area contributed by atoms with Gasteiger partial charge in [0.15, 0.2) is 11.5 Å². The molecule has 2 aromatic carbocycles. The van der Waals surface area contributed by atoms with Crippen molar-refractivity contribution in [2.24, 2.45) is 5.92 Å². The number of allylic oxidation sites excluding steroid dienone is 1. The summed E-state index contributed by atoms with van der Waals surface area (Å²) in [6.07, 6.45) is 6.68. The normalized spacial score (nSPS) is 11.9. The van der Waals surface area contributed by atoms with Crippen LogP contribution < -0.4 is 10.6 Å². The zero-order valence-corrected chi connectivity index (χ0v) is 27.6. The summed E-state index contributed by atoms with van der Waals surface area (Å²) in [7, 11) is 0. The zero-order chi connectivity index (χ0) is 32.8. The average molecular weight is 689 g/mol. The van der Waals surface area contributed by atoms with Crippen LogP contribution >= 0.6 is 15.9 Å². The van der Waals surface area contributed by atoms with E-state index in [0.717, 1.165) is 18.4 Å². The zero-order valence-electron chi connectivity index (χ0n) is 26.0. The van der Waals surface area contributed by atoms with Gasteiger partial charge in [0.25, 0.3) is 0 Å². The molecule has 0 radical (unpaired) electrons. The lowest BCUT2D eigenvalue weighted by Gasteiger charge is -2.29. The van der Waals surface area contributed by atoms with Gasteiger partial charge in [0.1, 0.15) is 11.6 Å². The summed E-state index contributed by atoms with van der Waals surface area (Å²) in [5, 5.41) is 10.1. The van der Waals surface area contributed by atoms with Crippen LogP contribution in [0, 0.1) is 11.7 Å². The van der Waals surface area contributed by atoms with Crippen LogP contribution in [0.2, 0.25) is 0 Å². The summed E-state index contributed by atoms with van der Waals surface area (Å²) in [6, 6.07) is 13.9. The summed E-state index contributed by atoms with van der Waals surface area (Å²) >= 11 is 3.26. The Morgan fingerprint density at radius 1 is 1.09 bits per heavy atom. The van der Waals surface area contributed by atoms with Crippen LogP contribution in [0.3, 0.4) is 0 Å². The third-order valence-corrected chi connectivity index (χ3v) is 8.53. The summed E-state index contributed by atoms with van der Waals surface area (Å²) in [5.74, 6) is -0.0843. The van der Waals surface area contributed by atoms with Crippen molar-refractivity contribution in [3.8, 4) is 22.5 Å². The number of alkyl halides is 1. The number of carbonyl (C=O) groups is 2.